The molecule has 0 aliphatic rings. The van der Waals surface area contributed by atoms with Crippen LogP contribution in [-0.4, -0.2) is 34.2 Å². The van der Waals surface area contributed by atoms with Crippen LogP contribution in [0.25, 0.3) is 10.9 Å². The monoisotopic (exact) mass is 524 g/mol. The molecule has 0 aliphatic carbocycles. The van der Waals surface area contributed by atoms with Crippen molar-refractivity contribution in [2.75, 3.05) is 7.05 Å². The molecule has 4 aromatic rings. The number of rotatable bonds is 9. The first-order valence-corrected chi connectivity index (χ1v) is 12.5. The molecule has 1 aromatic heterocycles. The Morgan fingerprint density at radius 3 is 2.44 bits per heavy atom. The molecule has 7 heteroatoms. The molecule has 0 saturated carbocycles. The normalized spacial score (nSPS) is 12.5. The average molecular weight is 525 g/mol. The molecule has 3 aromatic carbocycles. The van der Waals surface area contributed by atoms with Gasteiger partial charge in [0.1, 0.15) is 23.2 Å². The molecular weight excluding hydrogens is 495 g/mol. The largest absolute Gasteiger partial charge is 0.506 e. The first-order valence-electron chi connectivity index (χ1n) is 12.5. The summed E-state index contributed by atoms with van der Waals surface area (Å²) < 4.78 is 19.9. The van der Waals surface area contributed by atoms with Crippen molar-refractivity contribution >= 4 is 23.1 Å². The maximum Gasteiger partial charge on any atom is 0.258 e. The van der Waals surface area contributed by atoms with Crippen LogP contribution in [0.15, 0.2) is 96.7 Å². The number of phenolic OH excluding ortho intramolecular Hbond substituents is 1. The van der Waals surface area contributed by atoms with Crippen molar-refractivity contribution in [2.45, 2.75) is 26.5 Å². The Morgan fingerprint density at radius 1 is 1.08 bits per heavy atom. The lowest BCUT2D eigenvalue weighted by Crippen LogP contribution is -2.27. The first-order chi connectivity index (χ1) is 18.9. The van der Waals surface area contributed by atoms with Gasteiger partial charge in [0.15, 0.2) is 12.0 Å². The van der Waals surface area contributed by atoms with Gasteiger partial charge in [0.2, 0.25) is 0 Å². The van der Waals surface area contributed by atoms with Gasteiger partial charge in [-0.25, -0.2) is 4.39 Å². The summed E-state index contributed by atoms with van der Waals surface area (Å²) in [6.07, 6.45) is 7.14. The molecule has 0 radical (unpaired) electrons. The van der Waals surface area contributed by atoms with E-state index in [0.29, 0.717) is 11.8 Å². The summed E-state index contributed by atoms with van der Waals surface area (Å²) in [5, 5.41) is 11.5. The second-order valence-electron chi connectivity index (χ2n) is 8.97. The van der Waals surface area contributed by atoms with E-state index in [2.05, 4.69) is 4.98 Å². The summed E-state index contributed by atoms with van der Waals surface area (Å²) in [5.74, 6) is -1.25. The molecule has 1 unspecified atom stereocenters. The predicted molar refractivity (Wildman–Crippen MR) is 149 cm³/mol. The number of carbonyl (C=O) groups excluding carboxylic acids is 2. The smallest absolute Gasteiger partial charge is 0.258 e. The molecule has 198 valence electrons. The fourth-order valence-electron chi connectivity index (χ4n) is 4.46. The van der Waals surface area contributed by atoms with Gasteiger partial charge in [0, 0.05) is 25.2 Å². The number of hydrogen-bond acceptors (Lipinski definition) is 5. The summed E-state index contributed by atoms with van der Waals surface area (Å²) in [6.45, 7) is 3.92. The SMILES string of the molecule is C/C=C\C(=C/C)C(Oc1c(C=O)c(C(=O)N(C)Cc2ccc(F)cc2)c(O)c2cccnc12)c1ccccc1. The number of amides is 1. The number of pyridine rings is 1. The molecule has 4 rings (SSSR count). The van der Waals surface area contributed by atoms with Crippen molar-refractivity contribution in [3.8, 4) is 11.5 Å². The van der Waals surface area contributed by atoms with Crippen LogP contribution in [-0.2, 0) is 6.54 Å². The van der Waals surface area contributed by atoms with Crippen molar-refractivity contribution in [1.82, 2.24) is 9.88 Å². The van der Waals surface area contributed by atoms with Gasteiger partial charge >= 0.3 is 0 Å². The van der Waals surface area contributed by atoms with Crippen LogP contribution in [0.5, 0.6) is 11.5 Å². The third kappa shape index (κ3) is 5.72. The van der Waals surface area contributed by atoms with E-state index in [9.17, 15) is 19.1 Å². The number of aldehydes is 1. The predicted octanol–water partition coefficient (Wildman–Crippen LogP) is 6.81. The quantitative estimate of drug-likeness (QED) is 0.192. The summed E-state index contributed by atoms with van der Waals surface area (Å²) in [5.41, 5.74) is 2.31. The zero-order valence-corrected chi connectivity index (χ0v) is 22.0. The van der Waals surface area contributed by atoms with Gasteiger partial charge in [-0.05, 0) is 54.8 Å². The first kappa shape index (κ1) is 27.3. The van der Waals surface area contributed by atoms with Gasteiger partial charge in [0.25, 0.3) is 5.91 Å². The van der Waals surface area contributed by atoms with Crippen molar-refractivity contribution < 1.29 is 23.8 Å². The number of aromatic nitrogens is 1. The number of nitrogens with zero attached hydrogens (tertiary/aromatic N) is 2. The van der Waals surface area contributed by atoms with Crippen LogP contribution < -0.4 is 4.74 Å². The number of allylic oxidation sites excluding steroid dienone is 2. The number of phenols is 1. The Hall–Kier alpha value is -4.78. The van der Waals surface area contributed by atoms with E-state index in [1.807, 2.05) is 62.4 Å². The van der Waals surface area contributed by atoms with E-state index < -0.39 is 12.0 Å². The Labute approximate surface area is 226 Å². The molecule has 1 atom stereocenters. The van der Waals surface area contributed by atoms with Gasteiger partial charge in [-0.15, -0.1) is 0 Å². The third-order valence-corrected chi connectivity index (χ3v) is 6.37. The van der Waals surface area contributed by atoms with Crippen molar-refractivity contribution in [3.63, 3.8) is 0 Å². The maximum atomic E-state index is 13.7. The molecule has 1 amide bonds. The van der Waals surface area contributed by atoms with Gasteiger partial charge in [-0.1, -0.05) is 60.7 Å². The Morgan fingerprint density at radius 2 is 1.79 bits per heavy atom. The zero-order valence-electron chi connectivity index (χ0n) is 22.0. The molecule has 6 nitrogen and oxygen atoms in total. The summed E-state index contributed by atoms with van der Waals surface area (Å²) >= 11 is 0. The minimum absolute atomic E-state index is 0.0923. The van der Waals surface area contributed by atoms with Crippen LogP contribution in [0.3, 0.4) is 0 Å². The number of ether oxygens (including phenoxy) is 1. The number of halogens is 1. The zero-order chi connectivity index (χ0) is 27.9. The van der Waals surface area contributed by atoms with Crippen molar-refractivity contribution in [2.24, 2.45) is 0 Å². The second kappa shape index (κ2) is 12.2. The number of fused-ring (bicyclic) bond motifs is 1. The molecular formula is C32H29FN2O4. The summed E-state index contributed by atoms with van der Waals surface area (Å²) in [7, 11) is 1.55. The van der Waals surface area contributed by atoms with Gasteiger partial charge < -0.3 is 14.7 Å². The van der Waals surface area contributed by atoms with E-state index in [0.717, 1.165) is 11.1 Å². The Bertz CT molecular complexity index is 1550. The maximum absolute atomic E-state index is 13.7. The third-order valence-electron chi connectivity index (χ3n) is 6.37. The number of benzene rings is 3. The molecule has 39 heavy (non-hydrogen) atoms. The lowest BCUT2D eigenvalue weighted by atomic mass is 9.98. The highest BCUT2D eigenvalue weighted by Crippen LogP contribution is 2.42. The molecule has 0 saturated heterocycles. The van der Waals surface area contributed by atoms with Crippen LogP contribution in [0, 0.1) is 5.82 Å². The van der Waals surface area contributed by atoms with Crippen molar-refractivity contribution in [1.29, 1.82) is 0 Å². The van der Waals surface area contributed by atoms with Crippen LogP contribution in [0.4, 0.5) is 4.39 Å². The summed E-state index contributed by atoms with van der Waals surface area (Å²) in [6, 6.07) is 18.5. The summed E-state index contributed by atoms with van der Waals surface area (Å²) in [4.78, 5) is 32.0. The van der Waals surface area contributed by atoms with Crippen LogP contribution in [0.2, 0.25) is 0 Å². The number of hydrogen-bond donors (Lipinski definition) is 1. The van der Waals surface area contributed by atoms with E-state index >= 15 is 0 Å². The minimum atomic E-state index is -0.624. The fraction of sp³-hybridized carbons (Fsp3) is 0.156. The van der Waals surface area contributed by atoms with E-state index in [1.165, 1.54) is 23.2 Å². The standard InChI is InChI=1S/C32H29FN2O4/c1-4-10-22(5-2)30(23-11-7-6-8-12-23)39-31-26(20-36)27(29(37)25-13-9-18-34-28(25)31)32(38)35(3)19-21-14-16-24(33)17-15-21/h4-18,20,30,37H,19H2,1-3H3/b10-4-,22-5+. The number of carbonyl (C=O) groups is 2. The second-order valence-corrected chi connectivity index (χ2v) is 8.97. The van der Waals surface area contributed by atoms with E-state index in [1.54, 1.807) is 31.3 Å². The lowest BCUT2D eigenvalue weighted by Gasteiger charge is -2.25. The highest BCUT2D eigenvalue weighted by atomic mass is 19.1. The van der Waals surface area contributed by atoms with Gasteiger partial charge in [-0.2, -0.15) is 0 Å². The molecule has 0 aliphatic heterocycles. The molecule has 0 spiro atoms. The Kier molecular flexibility index (Phi) is 8.51. The highest BCUT2D eigenvalue weighted by molar-refractivity contribution is 6.12. The van der Waals surface area contributed by atoms with Crippen LogP contribution in [0.1, 0.15) is 51.8 Å². The molecule has 1 heterocycles. The lowest BCUT2D eigenvalue weighted by molar-refractivity contribution is 0.0778. The topological polar surface area (TPSA) is 79.7 Å². The molecule has 0 bridgehead atoms. The minimum Gasteiger partial charge on any atom is -0.506 e. The van der Waals surface area contributed by atoms with E-state index in [4.69, 9.17) is 4.74 Å². The van der Waals surface area contributed by atoms with Crippen LogP contribution >= 0.6 is 0 Å². The molecule has 0 fully saturated rings. The number of aromatic hydroxyl groups is 1. The Balaban J connectivity index is 1.88. The van der Waals surface area contributed by atoms with Gasteiger partial charge in [0.05, 0.1) is 11.1 Å². The highest BCUT2D eigenvalue weighted by Gasteiger charge is 2.30. The average Bonchev–Trinajstić information content (AvgIpc) is 2.96. The van der Waals surface area contributed by atoms with Crippen molar-refractivity contribution in [3.05, 3.63) is 125 Å². The van der Waals surface area contributed by atoms with Gasteiger partial charge in [-0.3, -0.25) is 14.6 Å². The fourth-order valence-corrected chi connectivity index (χ4v) is 4.46. The van der Waals surface area contributed by atoms with E-state index in [-0.39, 0.29) is 45.9 Å². The molecule has 1 N–H and O–H groups in total.